The normalized spacial score (nSPS) is 17.0. The highest BCUT2D eigenvalue weighted by Crippen LogP contribution is 2.30. The van der Waals surface area contributed by atoms with Crippen LogP contribution in [0.15, 0.2) is 18.2 Å². The van der Waals surface area contributed by atoms with Gasteiger partial charge in [0.1, 0.15) is 0 Å². The van der Waals surface area contributed by atoms with Crippen LogP contribution < -0.4 is 15.4 Å². The number of nitrogens with two attached hydrogens (primary N) is 1. The molecule has 6 nitrogen and oxygen atoms in total. The topological polar surface area (TPSA) is 92.5 Å². The molecule has 3 N–H and O–H groups in total. The van der Waals surface area contributed by atoms with Crippen LogP contribution in [0.1, 0.15) is 25.8 Å². The van der Waals surface area contributed by atoms with Crippen LogP contribution in [0.5, 0.6) is 0 Å². The number of hydrogen-bond donors (Lipinski definition) is 2. The van der Waals surface area contributed by atoms with E-state index in [4.69, 9.17) is 5.73 Å². The van der Waals surface area contributed by atoms with Crippen molar-refractivity contribution in [3.8, 4) is 0 Å². The lowest BCUT2D eigenvalue weighted by Gasteiger charge is -2.22. The van der Waals surface area contributed by atoms with Gasteiger partial charge in [-0.1, -0.05) is 6.07 Å². The molecule has 0 saturated carbocycles. The van der Waals surface area contributed by atoms with E-state index in [2.05, 4.69) is 5.32 Å². The molecule has 2 rings (SSSR count). The molecule has 1 amide bonds. The van der Waals surface area contributed by atoms with Gasteiger partial charge in [0, 0.05) is 12.2 Å². The second-order valence-corrected chi connectivity index (χ2v) is 7.93. The molecule has 1 fully saturated rings. The number of carbonyl (C=O) groups excluding carboxylic acids is 1. The first-order valence-corrected chi connectivity index (χ1v) is 8.43. The first kappa shape index (κ1) is 18.7. The number of hydrogen-bond acceptors (Lipinski definition) is 4. The van der Waals surface area contributed by atoms with E-state index in [0.29, 0.717) is 24.3 Å². The Labute approximate surface area is 137 Å². The van der Waals surface area contributed by atoms with Gasteiger partial charge in [-0.2, -0.15) is 0 Å². The molecule has 0 unspecified atom stereocenters. The maximum Gasteiger partial charge on any atom is 0.243 e. The number of rotatable bonds is 3. The molecule has 1 aliphatic rings. The van der Waals surface area contributed by atoms with E-state index in [1.807, 2.05) is 6.92 Å². The average Bonchev–Trinajstić information content (AvgIpc) is 2.70. The molecule has 0 bridgehead atoms. The highest BCUT2D eigenvalue weighted by Gasteiger charge is 2.30. The Balaban J connectivity index is 0.00000242. The van der Waals surface area contributed by atoms with Gasteiger partial charge in [0.2, 0.25) is 15.9 Å². The summed E-state index contributed by atoms with van der Waals surface area (Å²) in [4.78, 5) is 11.9. The third-order valence-electron chi connectivity index (χ3n) is 3.42. The molecule has 0 aromatic heterocycles. The van der Waals surface area contributed by atoms with Crippen molar-refractivity contribution in [2.24, 2.45) is 5.73 Å². The number of nitrogens with one attached hydrogen (secondary N) is 1. The fourth-order valence-electron chi connectivity index (χ4n) is 2.16. The third-order valence-corrected chi connectivity index (χ3v) is 5.28. The predicted molar refractivity (Wildman–Crippen MR) is 91.1 cm³/mol. The zero-order valence-electron chi connectivity index (χ0n) is 12.9. The molecule has 1 saturated heterocycles. The van der Waals surface area contributed by atoms with E-state index in [1.54, 1.807) is 32.0 Å². The highest BCUT2D eigenvalue weighted by molar-refractivity contribution is 7.93. The molecule has 22 heavy (non-hydrogen) atoms. The zero-order chi connectivity index (χ0) is 15.8. The van der Waals surface area contributed by atoms with E-state index in [-0.39, 0.29) is 24.1 Å². The van der Waals surface area contributed by atoms with Gasteiger partial charge in [-0.15, -0.1) is 12.4 Å². The van der Waals surface area contributed by atoms with Gasteiger partial charge in [0.25, 0.3) is 0 Å². The molecule has 1 heterocycles. The molecular formula is C14H22ClN3O3S. The van der Waals surface area contributed by atoms with Crippen LogP contribution >= 0.6 is 12.4 Å². The molecule has 1 aromatic carbocycles. The Bertz CT molecular complexity index is 668. The van der Waals surface area contributed by atoms with Crippen LogP contribution in [0.2, 0.25) is 0 Å². The summed E-state index contributed by atoms with van der Waals surface area (Å²) >= 11 is 0. The monoisotopic (exact) mass is 347 g/mol. The quantitative estimate of drug-likeness (QED) is 0.869. The highest BCUT2D eigenvalue weighted by atomic mass is 35.5. The van der Waals surface area contributed by atoms with Gasteiger partial charge in [0.05, 0.1) is 17.0 Å². The first-order chi connectivity index (χ1) is 9.61. The maximum absolute atomic E-state index is 12.0. The zero-order valence-corrected chi connectivity index (χ0v) is 14.6. The van der Waals surface area contributed by atoms with Gasteiger partial charge in [-0.3, -0.25) is 9.10 Å². The lowest BCUT2D eigenvalue weighted by Crippen LogP contribution is -2.45. The van der Waals surface area contributed by atoms with E-state index in [1.165, 1.54) is 4.31 Å². The van der Waals surface area contributed by atoms with Crippen molar-refractivity contribution >= 4 is 39.7 Å². The van der Waals surface area contributed by atoms with Crippen molar-refractivity contribution < 1.29 is 13.2 Å². The van der Waals surface area contributed by atoms with Crippen LogP contribution in [0.4, 0.5) is 11.4 Å². The van der Waals surface area contributed by atoms with Crippen LogP contribution in [0.25, 0.3) is 0 Å². The van der Waals surface area contributed by atoms with Gasteiger partial charge in [-0.25, -0.2) is 8.42 Å². The lowest BCUT2D eigenvalue weighted by atomic mass is 10.1. The fraction of sp³-hybridized carbons (Fsp3) is 0.500. The Morgan fingerprint density at radius 3 is 2.50 bits per heavy atom. The number of amides is 1. The standard InChI is InChI=1S/C14H21N3O3S.ClH/c1-10-5-6-11(16-13(18)14(2,3)15)9-12(10)17-7-4-8-21(17,19)20;/h5-6,9H,4,7-8,15H2,1-3H3,(H,16,18);1H. The summed E-state index contributed by atoms with van der Waals surface area (Å²) in [5.74, 6) is -0.152. The summed E-state index contributed by atoms with van der Waals surface area (Å²) in [6, 6.07) is 5.22. The minimum absolute atomic E-state index is 0. The first-order valence-electron chi connectivity index (χ1n) is 6.83. The minimum atomic E-state index is -3.24. The molecule has 124 valence electrons. The fourth-order valence-corrected chi connectivity index (χ4v) is 3.78. The number of aryl methyl sites for hydroxylation is 1. The largest absolute Gasteiger partial charge is 0.324 e. The van der Waals surface area contributed by atoms with Crippen molar-refractivity contribution in [1.82, 2.24) is 0 Å². The van der Waals surface area contributed by atoms with Gasteiger partial charge in [0.15, 0.2) is 0 Å². The van der Waals surface area contributed by atoms with Crippen LogP contribution in [0, 0.1) is 6.92 Å². The summed E-state index contributed by atoms with van der Waals surface area (Å²) in [5.41, 5.74) is 6.75. The van der Waals surface area contributed by atoms with E-state index in [9.17, 15) is 13.2 Å². The molecule has 0 radical (unpaired) electrons. The number of carbonyl (C=O) groups is 1. The van der Waals surface area contributed by atoms with E-state index in [0.717, 1.165) is 5.56 Å². The smallest absolute Gasteiger partial charge is 0.243 e. The Morgan fingerprint density at radius 1 is 1.36 bits per heavy atom. The number of benzene rings is 1. The van der Waals surface area contributed by atoms with Crippen molar-refractivity contribution in [3.05, 3.63) is 23.8 Å². The van der Waals surface area contributed by atoms with Crippen molar-refractivity contribution in [3.63, 3.8) is 0 Å². The summed E-state index contributed by atoms with van der Waals surface area (Å²) in [6.45, 7) is 5.55. The lowest BCUT2D eigenvalue weighted by molar-refractivity contribution is -0.120. The van der Waals surface area contributed by atoms with Gasteiger partial charge >= 0.3 is 0 Å². The molecule has 0 atom stereocenters. The maximum atomic E-state index is 12.0. The molecule has 1 aliphatic heterocycles. The second kappa shape index (κ2) is 6.44. The molecule has 8 heteroatoms. The van der Waals surface area contributed by atoms with Crippen molar-refractivity contribution in [2.75, 3.05) is 21.9 Å². The summed E-state index contributed by atoms with van der Waals surface area (Å²) < 4.78 is 25.5. The SMILES string of the molecule is Cc1ccc(NC(=O)C(C)(C)N)cc1N1CCCS1(=O)=O.Cl. The number of halogens is 1. The summed E-state index contributed by atoms with van der Waals surface area (Å²) in [5, 5.41) is 2.71. The second-order valence-electron chi connectivity index (χ2n) is 5.92. The van der Waals surface area contributed by atoms with Crippen molar-refractivity contribution in [1.29, 1.82) is 0 Å². The molecule has 1 aromatic rings. The molecular weight excluding hydrogens is 326 g/mol. The molecule has 0 aliphatic carbocycles. The molecule has 0 spiro atoms. The Morgan fingerprint density at radius 2 is 2.00 bits per heavy atom. The summed E-state index contributed by atoms with van der Waals surface area (Å²) in [7, 11) is -3.24. The Kier molecular flexibility index (Phi) is 5.48. The van der Waals surface area contributed by atoms with Crippen molar-refractivity contribution in [2.45, 2.75) is 32.7 Å². The Hall–Kier alpha value is -1.31. The minimum Gasteiger partial charge on any atom is -0.324 e. The van der Waals surface area contributed by atoms with Crippen LogP contribution in [0.3, 0.4) is 0 Å². The summed E-state index contributed by atoms with van der Waals surface area (Å²) in [6.07, 6.45) is 0.619. The van der Waals surface area contributed by atoms with Gasteiger partial charge in [-0.05, 0) is 44.9 Å². The number of sulfonamides is 1. The average molecular weight is 348 g/mol. The number of nitrogens with zero attached hydrogens (tertiary/aromatic N) is 1. The van der Waals surface area contributed by atoms with Crippen LogP contribution in [-0.2, 0) is 14.8 Å². The third kappa shape index (κ3) is 3.91. The van der Waals surface area contributed by atoms with E-state index < -0.39 is 15.6 Å². The van der Waals surface area contributed by atoms with E-state index >= 15 is 0 Å². The number of anilines is 2. The predicted octanol–water partition coefficient (Wildman–Crippen LogP) is 1.63. The van der Waals surface area contributed by atoms with Crippen LogP contribution in [-0.4, -0.2) is 32.2 Å². The van der Waals surface area contributed by atoms with Gasteiger partial charge < -0.3 is 11.1 Å².